The molecule has 1 aromatic carbocycles. The van der Waals surface area contributed by atoms with E-state index < -0.39 is 0 Å². The molecular formula is C18H23N3OS. The van der Waals surface area contributed by atoms with E-state index in [0.717, 1.165) is 30.3 Å². The molecule has 1 atom stereocenters. The number of para-hydroxylation sites is 2. The number of fused-ring (bicyclic) bond motifs is 1. The van der Waals surface area contributed by atoms with Crippen LogP contribution < -0.4 is 0 Å². The van der Waals surface area contributed by atoms with Crippen molar-refractivity contribution in [1.82, 2.24) is 14.5 Å². The maximum Gasteiger partial charge on any atom is 0.232 e. The monoisotopic (exact) mass is 329 g/mol. The molecule has 0 N–H and O–H groups in total. The molecule has 1 aliphatic heterocycles. The van der Waals surface area contributed by atoms with Crippen molar-refractivity contribution < 1.29 is 4.79 Å². The van der Waals surface area contributed by atoms with Gasteiger partial charge in [-0.1, -0.05) is 25.0 Å². The van der Waals surface area contributed by atoms with Gasteiger partial charge in [-0.15, -0.1) is 11.8 Å². The summed E-state index contributed by atoms with van der Waals surface area (Å²) in [5.41, 5.74) is 2.21. The Bertz CT molecular complexity index is 692. The van der Waals surface area contributed by atoms with Crippen LogP contribution in [0, 0.1) is 0 Å². The van der Waals surface area contributed by atoms with E-state index in [1.165, 1.54) is 31.2 Å². The first kappa shape index (κ1) is 15.1. The minimum absolute atomic E-state index is 0.314. The fourth-order valence-electron chi connectivity index (χ4n) is 3.80. The molecule has 1 saturated carbocycles. The second kappa shape index (κ2) is 6.56. The van der Waals surface area contributed by atoms with Crippen molar-refractivity contribution in [1.29, 1.82) is 0 Å². The summed E-state index contributed by atoms with van der Waals surface area (Å²) in [6.45, 7) is 1.70. The maximum atomic E-state index is 12.5. The molecule has 1 saturated heterocycles. The van der Waals surface area contributed by atoms with Crippen LogP contribution >= 0.6 is 11.8 Å². The number of thioether (sulfide) groups is 1. The van der Waals surface area contributed by atoms with Crippen LogP contribution in [0.5, 0.6) is 0 Å². The molecule has 0 bridgehead atoms. The van der Waals surface area contributed by atoms with Gasteiger partial charge in [0.1, 0.15) is 0 Å². The Hall–Kier alpha value is -1.49. The minimum Gasteiger partial charge on any atom is -0.340 e. The van der Waals surface area contributed by atoms with E-state index in [0.29, 0.717) is 17.7 Å². The van der Waals surface area contributed by atoms with Gasteiger partial charge in [0.25, 0.3) is 0 Å². The Balaban J connectivity index is 1.37. The highest BCUT2D eigenvalue weighted by molar-refractivity contribution is 8.00. The summed E-state index contributed by atoms with van der Waals surface area (Å²) >= 11 is 1.87. The smallest absolute Gasteiger partial charge is 0.232 e. The number of nitrogens with zero attached hydrogens (tertiary/aromatic N) is 3. The van der Waals surface area contributed by atoms with Crippen LogP contribution in [0.4, 0.5) is 0 Å². The van der Waals surface area contributed by atoms with E-state index in [2.05, 4.69) is 21.7 Å². The predicted octanol–water partition coefficient (Wildman–Crippen LogP) is 3.49. The van der Waals surface area contributed by atoms with Crippen molar-refractivity contribution in [3.05, 3.63) is 30.6 Å². The topological polar surface area (TPSA) is 38.1 Å². The van der Waals surface area contributed by atoms with Gasteiger partial charge < -0.3 is 9.47 Å². The van der Waals surface area contributed by atoms with Gasteiger partial charge >= 0.3 is 0 Å². The van der Waals surface area contributed by atoms with Crippen LogP contribution in [-0.4, -0.2) is 44.5 Å². The number of hydrogen-bond donors (Lipinski definition) is 0. The first-order chi connectivity index (χ1) is 11.3. The Morgan fingerprint density at radius 2 is 2.04 bits per heavy atom. The van der Waals surface area contributed by atoms with Gasteiger partial charge in [-0.05, 0) is 31.4 Å². The number of amides is 1. The first-order valence-electron chi connectivity index (χ1n) is 8.62. The van der Waals surface area contributed by atoms with Gasteiger partial charge in [0.05, 0.1) is 29.2 Å². The zero-order valence-electron chi connectivity index (χ0n) is 13.4. The lowest BCUT2D eigenvalue weighted by Gasteiger charge is -2.18. The van der Waals surface area contributed by atoms with E-state index >= 15 is 0 Å². The van der Waals surface area contributed by atoms with E-state index in [9.17, 15) is 4.79 Å². The average Bonchev–Trinajstić information content (AvgIpc) is 3.31. The SMILES string of the molecule is O=C(CSC1CCCC1)N1CCC(n2cnc3ccccc32)C1. The van der Waals surface area contributed by atoms with E-state index in [1.807, 2.05) is 35.1 Å². The van der Waals surface area contributed by atoms with Gasteiger partial charge in [0.2, 0.25) is 5.91 Å². The van der Waals surface area contributed by atoms with Gasteiger partial charge in [0, 0.05) is 18.3 Å². The Labute approximate surface area is 141 Å². The molecule has 1 amide bonds. The maximum absolute atomic E-state index is 12.5. The van der Waals surface area contributed by atoms with E-state index in [4.69, 9.17) is 0 Å². The number of carbonyl (C=O) groups is 1. The molecule has 23 heavy (non-hydrogen) atoms. The first-order valence-corrected chi connectivity index (χ1v) is 9.67. The predicted molar refractivity (Wildman–Crippen MR) is 94.7 cm³/mol. The molecule has 1 unspecified atom stereocenters. The van der Waals surface area contributed by atoms with Crippen molar-refractivity contribution in [3.63, 3.8) is 0 Å². The summed E-state index contributed by atoms with van der Waals surface area (Å²) < 4.78 is 2.24. The number of carbonyl (C=O) groups excluding carboxylic acids is 1. The number of hydrogen-bond acceptors (Lipinski definition) is 3. The summed E-state index contributed by atoms with van der Waals surface area (Å²) in [5.74, 6) is 0.969. The molecule has 0 radical (unpaired) electrons. The lowest BCUT2D eigenvalue weighted by molar-refractivity contribution is -0.127. The van der Waals surface area contributed by atoms with Crippen LogP contribution in [0.1, 0.15) is 38.1 Å². The third-order valence-electron chi connectivity index (χ3n) is 5.14. The second-order valence-electron chi connectivity index (χ2n) is 6.64. The summed E-state index contributed by atoms with van der Waals surface area (Å²) in [7, 11) is 0. The number of rotatable bonds is 4. The quantitative estimate of drug-likeness (QED) is 0.862. The Morgan fingerprint density at radius 1 is 1.22 bits per heavy atom. The summed E-state index contributed by atoms with van der Waals surface area (Å²) in [6, 6.07) is 8.59. The minimum atomic E-state index is 0.314. The molecule has 4 nitrogen and oxygen atoms in total. The fourth-order valence-corrected chi connectivity index (χ4v) is 5.03. The van der Waals surface area contributed by atoms with Crippen LogP contribution in [0.3, 0.4) is 0 Å². The van der Waals surface area contributed by atoms with E-state index in [1.54, 1.807) is 0 Å². The van der Waals surface area contributed by atoms with Crippen molar-refractivity contribution in [2.75, 3.05) is 18.8 Å². The summed E-state index contributed by atoms with van der Waals surface area (Å²) in [6.07, 6.45) is 8.22. The fraction of sp³-hybridized carbons (Fsp3) is 0.556. The molecule has 5 heteroatoms. The molecular weight excluding hydrogens is 306 g/mol. The van der Waals surface area contributed by atoms with Gasteiger partial charge in [-0.2, -0.15) is 0 Å². The molecule has 4 rings (SSSR count). The number of likely N-dealkylation sites (tertiary alicyclic amines) is 1. The Morgan fingerprint density at radius 3 is 2.91 bits per heavy atom. The van der Waals surface area contributed by atoms with Crippen molar-refractivity contribution in [2.45, 2.75) is 43.4 Å². The molecule has 2 fully saturated rings. The summed E-state index contributed by atoms with van der Waals surface area (Å²) in [5, 5.41) is 0.718. The van der Waals surface area contributed by atoms with Gasteiger partial charge in [-0.25, -0.2) is 4.98 Å². The third-order valence-corrected chi connectivity index (χ3v) is 6.49. The highest BCUT2D eigenvalue weighted by Crippen LogP contribution is 2.31. The van der Waals surface area contributed by atoms with Crippen LogP contribution in [0.25, 0.3) is 11.0 Å². The zero-order chi connectivity index (χ0) is 15.6. The van der Waals surface area contributed by atoms with Crippen molar-refractivity contribution >= 4 is 28.7 Å². The molecule has 2 aromatic rings. The molecule has 1 aliphatic carbocycles. The molecule has 122 valence electrons. The summed E-state index contributed by atoms with van der Waals surface area (Å²) in [4.78, 5) is 19.0. The lowest BCUT2D eigenvalue weighted by Crippen LogP contribution is -2.31. The van der Waals surface area contributed by atoms with E-state index in [-0.39, 0.29) is 0 Å². The largest absolute Gasteiger partial charge is 0.340 e. The van der Waals surface area contributed by atoms with Crippen molar-refractivity contribution in [2.24, 2.45) is 0 Å². The number of aromatic nitrogens is 2. The van der Waals surface area contributed by atoms with Crippen LogP contribution in [0.2, 0.25) is 0 Å². The van der Waals surface area contributed by atoms with Crippen LogP contribution in [0.15, 0.2) is 30.6 Å². The van der Waals surface area contributed by atoms with Gasteiger partial charge in [0.15, 0.2) is 0 Å². The van der Waals surface area contributed by atoms with Crippen LogP contribution in [-0.2, 0) is 4.79 Å². The molecule has 2 aliphatic rings. The highest BCUT2D eigenvalue weighted by atomic mass is 32.2. The Kier molecular flexibility index (Phi) is 4.29. The third kappa shape index (κ3) is 3.11. The second-order valence-corrected chi connectivity index (χ2v) is 7.93. The average molecular weight is 329 g/mol. The lowest BCUT2D eigenvalue weighted by atomic mass is 10.2. The standard InChI is InChI=1S/C18H23N3OS/c22-18(12-23-15-5-1-2-6-15)20-10-9-14(11-20)21-13-19-16-7-3-4-8-17(16)21/h3-4,7-8,13-15H,1-2,5-6,9-12H2. The molecule has 2 heterocycles. The van der Waals surface area contributed by atoms with Gasteiger partial charge in [-0.3, -0.25) is 4.79 Å². The normalized spacial score (nSPS) is 22.3. The highest BCUT2D eigenvalue weighted by Gasteiger charge is 2.28. The molecule has 1 aromatic heterocycles. The number of benzene rings is 1. The zero-order valence-corrected chi connectivity index (χ0v) is 14.2. The number of imidazole rings is 1. The molecule has 0 spiro atoms. The van der Waals surface area contributed by atoms with Crippen molar-refractivity contribution in [3.8, 4) is 0 Å².